The highest BCUT2D eigenvalue weighted by Crippen LogP contribution is 2.07. The molecule has 0 fully saturated rings. The fraction of sp³-hybridized carbons (Fsp3) is 0.188. The SMILES string of the molecule is O=C(Cc1ccccc1F)NCc1ccc(CO)cc1. The molecule has 0 saturated carbocycles. The zero-order chi connectivity index (χ0) is 14.4. The Morgan fingerprint density at radius 2 is 1.70 bits per heavy atom. The minimum Gasteiger partial charge on any atom is -0.392 e. The van der Waals surface area contributed by atoms with Gasteiger partial charge in [-0.25, -0.2) is 4.39 Å². The molecule has 4 heteroatoms. The van der Waals surface area contributed by atoms with E-state index < -0.39 is 0 Å². The summed E-state index contributed by atoms with van der Waals surface area (Å²) in [7, 11) is 0. The molecule has 1 amide bonds. The largest absolute Gasteiger partial charge is 0.392 e. The van der Waals surface area contributed by atoms with E-state index in [-0.39, 0.29) is 24.8 Å². The Labute approximate surface area is 117 Å². The Kier molecular flexibility index (Phi) is 4.85. The van der Waals surface area contributed by atoms with E-state index in [4.69, 9.17) is 5.11 Å². The summed E-state index contributed by atoms with van der Waals surface area (Å²) >= 11 is 0. The molecule has 0 aliphatic rings. The Bertz CT molecular complexity index is 581. The van der Waals surface area contributed by atoms with Crippen LogP contribution in [0, 0.1) is 5.82 Å². The highest BCUT2D eigenvalue weighted by atomic mass is 19.1. The molecule has 2 aromatic rings. The van der Waals surface area contributed by atoms with E-state index in [1.165, 1.54) is 6.07 Å². The third-order valence-corrected chi connectivity index (χ3v) is 3.00. The van der Waals surface area contributed by atoms with Crippen LogP contribution in [0.3, 0.4) is 0 Å². The molecule has 0 atom stereocenters. The summed E-state index contributed by atoms with van der Waals surface area (Å²) in [5.41, 5.74) is 2.15. The second-order valence-electron chi connectivity index (χ2n) is 4.52. The number of halogens is 1. The highest BCUT2D eigenvalue weighted by molar-refractivity contribution is 5.78. The van der Waals surface area contributed by atoms with Crippen molar-refractivity contribution in [2.45, 2.75) is 19.6 Å². The van der Waals surface area contributed by atoms with E-state index in [0.717, 1.165) is 11.1 Å². The van der Waals surface area contributed by atoms with Crippen LogP contribution >= 0.6 is 0 Å². The van der Waals surface area contributed by atoms with Crippen molar-refractivity contribution in [1.82, 2.24) is 5.32 Å². The van der Waals surface area contributed by atoms with Gasteiger partial charge in [-0.3, -0.25) is 4.79 Å². The first-order chi connectivity index (χ1) is 9.69. The molecule has 0 bridgehead atoms. The van der Waals surface area contributed by atoms with E-state index in [1.807, 2.05) is 12.1 Å². The first kappa shape index (κ1) is 14.2. The lowest BCUT2D eigenvalue weighted by molar-refractivity contribution is -0.120. The number of amides is 1. The van der Waals surface area contributed by atoms with Crippen LogP contribution in [0.1, 0.15) is 16.7 Å². The summed E-state index contributed by atoms with van der Waals surface area (Å²) < 4.78 is 13.4. The second kappa shape index (κ2) is 6.82. The van der Waals surface area contributed by atoms with Gasteiger partial charge in [0.25, 0.3) is 0 Å². The van der Waals surface area contributed by atoms with E-state index in [2.05, 4.69) is 5.32 Å². The van der Waals surface area contributed by atoms with Gasteiger partial charge in [-0.05, 0) is 22.8 Å². The van der Waals surface area contributed by atoms with Gasteiger partial charge >= 0.3 is 0 Å². The summed E-state index contributed by atoms with van der Waals surface area (Å²) in [6.45, 7) is 0.388. The maximum absolute atomic E-state index is 13.4. The van der Waals surface area contributed by atoms with Crippen LogP contribution in [0.5, 0.6) is 0 Å². The smallest absolute Gasteiger partial charge is 0.224 e. The second-order valence-corrected chi connectivity index (χ2v) is 4.52. The van der Waals surface area contributed by atoms with Crippen LogP contribution < -0.4 is 5.32 Å². The number of hydrogen-bond acceptors (Lipinski definition) is 2. The summed E-state index contributed by atoms with van der Waals surface area (Å²) in [4.78, 5) is 11.7. The number of aliphatic hydroxyl groups excluding tert-OH is 1. The normalized spacial score (nSPS) is 10.3. The van der Waals surface area contributed by atoms with Gasteiger partial charge in [0.05, 0.1) is 13.0 Å². The van der Waals surface area contributed by atoms with Crippen LogP contribution in [-0.4, -0.2) is 11.0 Å². The average molecular weight is 273 g/mol. The van der Waals surface area contributed by atoms with Crippen molar-refractivity contribution in [2.75, 3.05) is 0 Å². The summed E-state index contributed by atoms with van der Waals surface area (Å²) in [6.07, 6.45) is 0.0292. The predicted octanol–water partition coefficient (Wildman–Crippen LogP) is 2.18. The van der Waals surface area contributed by atoms with Gasteiger partial charge < -0.3 is 10.4 Å². The van der Waals surface area contributed by atoms with Gasteiger partial charge in [-0.2, -0.15) is 0 Å². The molecule has 2 rings (SSSR count). The predicted molar refractivity (Wildman–Crippen MR) is 74.3 cm³/mol. The molecule has 2 aromatic carbocycles. The number of rotatable bonds is 5. The Balaban J connectivity index is 1.87. The number of nitrogens with one attached hydrogen (secondary N) is 1. The highest BCUT2D eigenvalue weighted by Gasteiger charge is 2.07. The molecule has 20 heavy (non-hydrogen) atoms. The molecule has 0 aliphatic heterocycles. The van der Waals surface area contributed by atoms with Crippen molar-refractivity contribution in [3.8, 4) is 0 Å². The minimum absolute atomic E-state index is 0.0000762. The van der Waals surface area contributed by atoms with Gasteiger partial charge in [0.1, 0.15) is 5.82 Å². The molecule has 0 saturated heterocycles. The van der Waals surface area contributed by atoms with Crippen LogP contribution in [0.2, 0.25) is 0 Å². The lowest BCUT2D eigenvalue weighted by Gasteiger charge is -2.07. The molecule has 0 aromatic heterocycles. The van der Waals surface area contributed by atoms with Crippen molar-refractivity contribution in [3.05, 3.63) is 71.0 Å². The van der Waals surface area contributed by atoms with Crippen molar-refractivity contribution >= 4 is 5.91 Å². The van der Waals surface area contributed by atoms with Crippen molar-refractivity contribution in [3.63, 3.8) is 0 Å². The first-order valence-corrected chi connectivity index (χ1v) is 6.38. The van der Waals surface area contributed by atoms with Gasteiger partial charge in [0, 0.05) is 6.54 Å². The zero-order valence-electron chi connectivity index (χ0n) is 11.0. The monoisotopic (exact) mass is 273 g/mol. The van der Waals surface area contributed by atoms with Gasteiger partial charge in [-0.1, -0.05) is 42.5 Å². The minimum atomic E-state index is -0.366. The molecule has 0 spiro atoms. The number of carbonyl (C=O) groups is 1. The van der Waals surface area contributed by atoms with E-state index in [1.54, 1.807) is 30.3 Å². The Hall–Kier alpha value is -2.20. The lowest BCUT2D eigenvalue weighted by Crippen LogP contribution is -2.24. The van der Waals surface area contributed by atoms with E-state index in [0.29, 0.717) is 12.1 Å². The van der Waals surface area contributed by atoms with Gasteiger partial charge in [0.15, 0.2) is 0 Å². The fourth-order valence-corrected chi connectivity index (χ4v) is 1.84. The summed E-state index contributed by atoms with van der Waals surface area (Å²) in [5.74, 6) is -0.587. The maximum atomic E-state index is 13.4. The first-order valence-electron chi connectivity index (χ1n) is 6.38. The average Bonchev–Trinajstić information content (AvgIpc) is 2.48. The molecule has 104 valence electrons. The third-order valence-electron chi connectivity index (χ3n) is 3.00. The van der Waals surface area contributed by atoms with Crippen LogP contribution in [0.25, 0.3) is 0 Å². The lowest BCUT2D eigenvalue weighted by atomic mass is 10.1. The molecular weight excluding hydrogens is 257 g/mol. The molecule has 2 N–H and O–H groups in total. The summed E-state index contributed by atoms with van der Waals surface area (Å²) in [5, 5.41) is 11.7. The fourth-order valence-electron chi connectivity index (χ4n) is 1.84. The number of benzene rings is 2. The van der Waals surface area contributed by atoms with Crippen molar-refractivity contribution in [2.24, 2.45) is 0 Å². The summed E-state index contributed by atoms with van der Waals surface area (Å²) in [6, 6.07) is 13.5. The van der Waals surface area contributed by atoms with E-state index >= 15 is 0 Å². The molecule has 0 heterocycles. The quantitative estimate of drug-likeness (QED) is 0.877. The van der Waals surface area contributed by atoms with Crippen molar-refractivity contribution < 1.29 is 14.3 Å². The molecule has 0 unspecified atom stereocenters. The number of aliphatic hydroxyl groups is 1. The van der Waals surface area contributed by atoms with Crippen LogP contribution in [0.4, 0.5) is 4.39 Å². The molecular formula is C16H16FNO2. The third kappa shape index (κ3) is 3.90. The number of hydrogen-bond donors (Lipinski definition) is 2. The zero-order valence-corrected chi connectivity index (χ0v) is 11.0. The maximum Gasteiger partial charge on any atom is 0.224 e. The van der Waals surface area contributed by atoms with Gasteiger partial charge in [0.2, 0.25) is 5.91 Å². The standard InChI is InChI=1S/C16H16FNO2/c17-15-4-2-1-3-14(15)9-16(20)18-10-12-5-7-13(11-19)8-6-12/h1-8,19H,9-11H2,(H,18,20). The Morgan fingerprint density at radius 3 is 2.35 bits per heavy atom. The van der Waals surface area contributed by atoms with Gasteiger partial charge in [-0.15, -0.1) is 0 Å². The van der Waals surface area contributed by atoms with Crippen LogP contribution in [-0.2, 0) is 24.4 Å². The topological polar surface area (TPSA) is 49.3 Å². The number of carbonyl (C=O) groups excluding carboxylic acids is 1. The van der Waals surface area contributed by atoms with Crippen molar-refractivity contribution in [1.29, 1.82) is 0 Å². The van der Waals surface area contributed by atoms with E-state index in [9.17, 15) is 9.18 Å². The Morgan fingerprint density at radius 1 is 1.05 bits per heavy atom. The molecule has 3 nitrogen and oxygen atoms in total. The van der Waals surface area contributed by atoms with Crippen LogP contribution in [0.15, 0.2) is 48.5 Å². The molecule has 0 radical (unpaired) electrons. The molecule has 0 aliphatic carbocycles.